The fraction of sp³-hybridized carbons (Fsp3) is 0.714. The van der Waals surface area contributed by atoms with Gasteiger partial charge >= 0.3 is 0 Å². The topological polar surface area (TPSA) is 94.8 Å². The Hall–Kier alpha value is -1.44. The molecule has 5 nitrogen and oxygen atoms in total. The van der Waals surface area contributed by atoms with Crippen molar-refractivity contribution in [3.05, 3.63) is 23.8 Å². The molecule has 4 aliphatic carbocycles. The molecular weight excluding hydrogens is 370 g/mol. The molecule has 4 rings (SSSR count). The molecule has 3 N–H and O–H groups in total. The Morgan fingerprint density at radius 3 is 2.64 bits per heavy atom. The van der Waals surface area contributed by atoms with Crippen molar-refractivity contribution in [3.8, 4) is 0 Å². The molecule has 0 aromatic heterocycles. The SMILES string of the molecule is C[C@]12C[C@H](O)[C@]3(F)[C@H](C[C@H](F)C4=CC(=O)C=C[C@]43C)[C@@H]1CC[C@@]2(O)C(=O)CO. The second-order valence-corrected chi connectivity index (χ2v) is 9.34. The van der Waals surface area contributed by atoms with Crippen LogP contribution in [0.25, 0.3) is 0 Å². The van der Waals surface area contributed by atoms with E-state index in [1.165, 1.54) is 19.1 Å². The molecular formula is C21H26F2O5. The average molecular weight is 396 g/mol. The maximum Gasteiger partial charge on any atom is 0.190 e. The first kappa shape index (κ1) is 19.9. The lowest BCUT2D eigenvalue weighted by Gasteiger charge is -2.63. The Bertz CT molecular complexity index is 809. The van der Waals surface area contributed by atoms with Gasteiger partial charge in [0.05, 0.1) is 6.10 Å². The zero-order valence-corrected chi connectivity index (χ0v) is 16.0. The van der Waals surface area contributed by atoms with Crippen LogP contribution in [0.4, 0.5) is 8.78 Å². The van der Waals surface area contributed by atoms with Gasteiger partial charge in [-0.05, 0) is 56.3 Å². The van der Waals surface area contributed by atoms with Crippen molar-refractivity contribution >= 4 is 11.6 Å². The van der Waals surface area contributed by atoms with E-state index < -0.39 is 64.4 Å². The van der Waals surface area contributed by atoms with E-state index in [0.717, 1.165) is 6.08 Å². The van der Waals surface area contributed by atoms with Crippen LogP contribution < -0.4 is 0 Å². The number of halogens is 2. The van der Waals surface area contributed by atoms with E-state index >= 15 is 8.78 Å². The molecule has 28 heavy (non-hydrogen) atoms. The van der Waals surface area contributed by atoms with Crippen molar-refractivity contribution in [2.24, 2.45) is 22.7 Å². The number of fused-ring (bicyclic) bond motifs is 5. The molecule has 0 unspecified atom stereocenters. The van der Waals surface area contributed by atoms with Gasteiger partial charge in [-0.1, -0.05) is 13.0 Å². The first-order valence-corrected chi connectivity index (χ1v) is 9.78. The Balaban J connectivity index is 1.84. The number of hydrogen-bond acceptors (Lipinski definition) is 5. The summed E-state index contributed by atoms with van der Waals surface area (Å²) in [5, 5.41) is 31.4. The van der Waals surface area contributed by atoms with Gasteiger partial charge in [0.2, 0.25) is 0 Å². The van der Waals surface area contributed by atoms with Gasteiger partial charge in [-0.2, -0.15) is 0 Å². The highest BCUT2D eigenvalue weighted by Crippen LogP contribution is 2.69. The minimum atomic E-state index is -2.23. The van der Waals surface area contributed by atoms with E-state index in [4.69, 9.17) is 0 Å². The number of alkyl halides is 2. The lowest BCUT2D eigenvalue weighted by Crippen LogP contribution is -2.70. The lowest BCUT2D eigenvalue weighted by atomic mass is 9.44. The molecule has 0 amide bonds. The van der Waals surface area contributed by atoms with Gasteiger partial charge in [-0.15, -0.1) is 0 Å². The van der Waals surface area contributed by atoms with Crippen LogP contribution in [0.5, 0.6) is 0 Å². The number of allylic oxidation sites excluding steroid dienone is 4. The normalized spacial score (nSPS) is 52.5. The van der Waals surface area contributed by atoms with Crippen molar-refractivity contribution < 1.29 is 33.7 Å². The Labute approximate surface area is 162 Å². The standard InChI is InChI=1S/C21H26F2O5/c1-18-5-3-11(25)7-14(18)15(22)8-13-12-4-6-20(28,17(27)10-24)19(12,2)9-16(26)21(13,18)23/h3,5,7,12-13,15-16,24,26,28H,4,6,8-10H2,1-2H3/t12-,13+,15-,16-,18+,19-,20+,21+/m0/s1. The quantitative estimate of drug-likeness (QED) is 0.659. The third-order valence-corrected chi connectivity index (χ3v) is 8.39. The minimum Gasteiger partial charge on any atom is -0.390 e. The fourth-order valence-corrected chi connectivity index (χ4v) is 6.80. The van der Waals surface area contributed by atoms with Crippen molar-refractivity contribution in [1.82, 2.24) is 0 Å². The number of hydrogen-bond donors (Lipinski definition) is 3. The van der Waals surface area contributed by atoms with E-state index in [0.29, 0.717) is 6.42 Å². The summed E-state index contributed by atoms with van der Waals surface area (Å²) >= 11 is 0. The van der Waals surface area contributed by atoms with Crippen LogP contribution in [0.15, 0.2) is 23.8 Å². The maximum absolute atomic E-state index is 16.7. The van der Waals surface area contributed by atoms with E-state index in [2.05, 4.69) is 0 Å². The van der Waals surface area contributed by atoms with E-state index in [-0.39, 0.29) is 24.8 Å². The van der Waals surface area contributed by atoms with Crippen molar-refractivity contribution in [1.29, 1.82) is 0 Å². The lowest BCUT2D eigenvalue weighted by molar-refractivity contribution is -0.221. The second kappa shape index (κ2) is 5.80. The molecule has 3 saturated carbocycles. The van der Waals surface area contributed by atoms with Crippen LogP contribution >= 0.6 is 0 Å². The Morgan fingerprint density at radius 1 is 1.32 bits per heavy atom. The number of rotatable bonds is 2. The Morgan fingerprint density at radius 2 is 2.00 bits per heavy atom. The van der Waals surface area contributed by atoms with Gasteiger partial charge in [0.15, 0.2) is 17.2 Å². The first-order chi connectivity index (χ1) is 13.0. The van der Waals surface area contributed by atoms with E-state index in [1.807, 2.05) is 0 Å². The van der Waals surface area contributed by atoms with Crippen molar-refractivity contribution in [3.63, 3.8) is 0 Å². The predicted molar refractivity (Wildman–Crippen MR) is 95.7 cm³/mol. The molecule has 0 bridgehead atoms. The number of aliphatic hydroxyl groups excluding tert-OH is 2. The molecule has 0 spiro atoms. The summed E-state index contributed by atoms with van der Waals surface area (Å²) in [5.41, 5.74) is -6.71. The van der Waals surface area contributed by atoms with E-state index in [9.17, 15) is 24.9 Å². The van der Waals surface area contributed by atoms with Crippen molar-refractivity contribution in [2.45, 2.75) is 63.1 Å². The van der Waals surface area contributed by atoms with Gasteiger partial charge in [0.25, 0.3) is 0 Å². The summed E-state index contributed by atoms with van der Waals surface area (Å²) in [7, 11) is 0. The zero-order chi connectivity index (χ0) is 20.7. The highest BCUT2D eigenvalue weighted by Gasteiger charge is 2.75. The second-order valence-electron chi connectivity index (χ2n) is 9.34. The molecule has 8 atom stereocenters. The first-order valence-electron chi connectivity index (χ1n) is 9.78. The summed E-state index contributed by atoms with van der Waals surface area (Å²) in [5.74, 6) is -2.63. The number of carbonyl (C=O) groups excluding carboxylic acids is 2. The van der Waals surface area contributed by atoms with Gasteiger partial charge in [-0.25, -0.2) is 8.78 Å². The molecule has 154 valence electrons. The predicted octanol–water partition coefficient (Wildman–Crippen LogP) is 1.60. The highest BCUT2D eigenvalue weighted by atomic mass is 19.1. The molecule has 0 saturated heterocycles. The van der Waals surface area contributed by atoms with Gasteiger partial charge in [0.1, 0.15) is 18.4 Å². The summed E-state index contributed by atoms with van der Waals surface area (Å²) in [6.45, 7) is 2.29. The fourth-order valence-electron chi connectivity index (χ4n) is 6.80. The van der Waals surface area contributed by atoms with E-state index in [1.54, 1.807) is 6.92 Å². The largest absolute Gasteiger partial charge is 0.390 e. The molecule has 0 aliphatic heterocycles. The number of ketones is 2. The summed E-state index contributed by atoms with van der Waals surface area (Å²) in [4.78, 5) is 24.1. The summed E-state index contributed by atoms with van der Waals surface area (Å²) in [6, 6.07) is 0. The number of aliphatic hydroxyl groups is 3. The molecule has 0 heterocycles. The van der Waals surface area contributed by atoms with Crippen LogP contribution in [0.2, 0.25) is 0 Å². The molecule has 7 heteroatoms. The molecule has 4 aliphatic rings. The smallest absolute Gasteiger partial charge is 0.190 e. The van der Waals surface area contributed by atoms with Crippen LogP contribution in [-0.4, -0.2) is 57.0 Å². The molecule has 0 aromatic rings. The monoisotopic (exact) mass is 396 g/mol. The zero-order valence-electron chi connectivity index (χ0n) is 16.0. The van der Waals surface area contributed by atoms with Crippen molar-refractivity contribution in [2.75, 3.05) is 6.61 Å². The highest BCUT2D eigenvalue weighted by molar-refractivity contribution is 6.01. The van der Waals surface area contributed by atoms with Gasteiger partial charge in [-0.3, -0.25) is 9.59 Å². The molecule has 0 radical (unpaired) electrons. The van der Waals surface area contributed by atoms with Gasteiger partial charge in [0, 0.05) is 16.7 Å². The molecule has 0 aromatic carbocycles. The van der Waals surface area contributed by atoms with Crippen LogP contribution in [0, 0.1) is 22.7 Å². The summed E-state index contributed by atoms with van der Waals surface area (Å²) in [6.07, 6.45) is 0.509. The van der Waals surface area contributed by atoms with Crippen LogP contribution in [-0.2, 0) is 9.59 Å². The maximum atomic E-state index is 16.7. The number of carbonyl (C=O) groups is 2. The Kier molecular flexibility index (Phi) is 4.11. The summed E-state index contributed by atoms with van der Waals surface area (Å²) < 4.78 is 31.9. The third kappa shape index (κ3) is 2.05. The number of Topliss-reactive ketones (excluding diaryl/α,β-unsaturated/α-hetero) is 1. The van der Waals surface area contributed by atoms with Crippen LogP contribution in [0.1, 0.15) is 39.5 Å². The van der Waals surface area contributed by atoms with Gasteiger partial charge < -0.3 is 15.3 Å². The molecule has 3 fully saturated rings. The average Bonchev–Trinajstić information content (AvgIpc) is 2.91. The minimum absolute atomic E-state index is 0.0392. The third-order valence-electron chi connectivity index (χ3n) is 8.39. The van der Waals surface area contributed by atoms with Crippen LogP contribution in [0.3, 0.4) is 0 Å².